The van der Waals surface area contributed by atoms with E-state index in [0.717, 1.165) is 17.7 Å². The van der Waals surface area contributed by atoms with E-state index in [9.17, 15) is 18.0 Å². The van der Waals surface area contributed by atoms with Gasteiger partial charge < -0.3 is 10.1 Å². The van der Waals surface area contributed by atoms with Gasteiger partial charge >= 0.3 is 6.18 Å². The van der Waals surface area contributed by atoms with E-state index in [0.29, 0.717) is 19.4 Å². The summed E-state index contributed by atoms with van der Waals surface area (Å²) in [7, 11) is 0. The number of hydrogen-bond donors (Lipinski definition) is 1. The van der Waals surface area contributed by atoms with Crippen LogP contribution in [0.25, 0.3) is 0 Å². The zero-order valence-corrected chi connectivity index (χ0v) is 18.5. The summed E-state index contributed by atoms with van der Waals surface area (Å²) in [5.74, 6) is 1.95. The van der Waals surface area contributed by atoms with Gasteiger partial charge in [0.25, 0.3) is 0 Å². The smallest absolute Gasteiger partial charge is 0.373 e. The molecule has 5 atom stereocenters. The summed E-state index contributed by atoms with van der Waals surface area (Å²) >= 11 is 0. The third-order valence-electron chi connectivity index (χ3n) is 6.22. The highest BCUT2D eigenvalue weighted by Gasteiger charge is 2.57. The molecule has 4 nitrogen and oxygen atoms in total. The van der Waals surface area contributed by atoms with Crippen LogP contribution < -0.4 is 5.32 Å². The molecule has 2 bridgehead atoms. The highest BCUT2D eigenvalue weighted by molar-refractivity contribution is 5.94. The number of hydrogen-bond acceptors (Lipinski definition) is 3. The molecule has 7 heteroatoms. The normalized spacial score (nSPS) is 27.8. The number of halogens is 3. The van der Waals surface area contributed by atoms with E-state index in [1.165, 1.54) is 12.1 Å². The number of alkyl halides is 3. The fourth-order valence-corrected chi connectivity index (χ4v) is 4.86. The predicted molar refractivity (Wildman–Crippen MR) is 119 cm³/mol. The van der Waals surface area contributed by atoms with Crippen LogP contribution in [0.15, 0.2) is 40.9 Å². The number of allylic oxidation sites excluding steroid dienone is 1. The van der Waals surface area contributed by atoms with Crippen LogP contribution in [0.4, 0.5) is 18.9 Å². The zero-order valence-electron chi connectivity index (χ0n) is 18.5. The molecule has 3 rings (SSSR count). The van der Waals surface area contributed by atoms with E-state index in [-0.39, 0.29) is 41.6 Å². The van der Waals surface area contributed by atoms with Crippen molar-refractivity contribution in [2.75, 3.05) is 11.9 Å². The first-order chi connectivity index (χ1) is 15.2. The molecule has 1 amide bonds. The quantitative estimate of drug-likeness (QED) is 0.453. The maximum Gasteiger partial charge on any atom is 0.416 e. The Morgan fingerprint density at radius 1 is 1.38 bits per heavy atom. The van der Waals surface area contributed by atoms with Crippen molar-refractivity contribution in [3.8, 4) is 12.3 Å². The summed E-state index contributed by atoms with van der Waals surface area (Å²) in [4.78, 5) is 17.6. The standard InChI is InChI=1S/C25H29F3N2O2/c1-5-8-16-13-20-22(21(23(16)32-20)19(15(3)4)11-12-29-6-2)24(31)30-18-10-7-9-17(14-18)25(26,27)28/h1,7,9-12,14-16,20-23H,6,8,13H2,2-4H3,(H,30,31)/b19-11+,29-12?/t16-,20+,21+,22-,23-/m1/s1. The van der Waals surface area contributed by atoms with Crippen LogP contribution in [-0.4, -0.2) is 30.9 Å². The van der Waals surface area contributed by atoms with Gasteiger partial charge in [0, 0.05) is 30.8 Å². The Bertz CT molecular complexity index is 930. The Morgan fingerprint density at radius 3 is 2.75 bits per heavy atom. The number of carbonyl (C=O) groups excluding carboxylic acids is 1. The number of benzene rings is 1. The molecular weight excluding hydrogens is 417 g/mol. The van der Waals surface area contributed by atoms with Crippen molar-refractivity contribution >= 4 is 17.8 Å². The maximum atomic E-state index is 13.3. The Hall–Kier alpha value is -2.59. The van der Waals surface area contributed by atoms with Crippen LogP contribution >= 0.6 is 0 Å². The van der Waals surface area contributed by atoms with Crippen LogP contribution in [0.3, 0.4) is 0 Å². The fraction of sp³-hybridized carbons (Fsp3) is 0.520. The Balaban J connectivity index is 1.91. The van der Waals surface area contributed by atoms with Crippen LogP contribution in [0, 0.1) is 36.0 Å². The van der Waals surface area contributed by atoms with E-state index in [2.05, 4.69) is 30.1 Å². The molecule has 32 heavy (non-hydrogen) atoms. The highest BCUT2D eigenvalue weighted by Crippen LogP contribution is 2.52. The van der Waals surface area contributed by atoms with Crippen LogP contribution in [0.1, 0.15) is 39.2 Å². The minimum atomic E-state index is -4.48. The van der Waals surface area contributed by atoms with Crippen molar-refractivity contribution in [1.82, 2.24) is 0 Å². The van der Waals surface area contributed by atoms with E-state index in [4.69, 9.17) is 11.2 Å². The van der Waals surface area contributed by atoms with Gasteiger partial charge in [0.1, 0.15) is 0 Å². The fourth-order valence-electron chi connectivity index (χ4n) is 4.86. The van der Waals surface area contributed by atoms with Gasteiger partial charge in [-0.3, -0.25) is 9.79 Å². The number of rotatable bonds is 7. The second-order valence-electron chi connectivity index (χ2n) is 8.63. The zero-order chi connectivity index (χ0) is 23.5. The molecule has 2 aliphatic heterocycles. The molecular formula is C25H29F3N2O2. The lowest BCUT2D eigenvalue weighted by Crippen LogP contribution is -2.42. The Kier molecular flexibility index (Phi) is 7.45. The predicted octanol–water partition coefficient (Wildman–Crippen LogP) is 5.36. The van der Waals surface area contributed by atoms with Gasteiger partial charge in [-0.1, -0.05) is 25.5 Å². The summed E-state index contributed by atoms with van der Waals surface area (Å²) < 4.78 is 45.5. The SMILES string of the molecule is C#CC[C@@H]1C[C@@H]2O[C@H]1[C@@H](/C(=C/C=NCC)C(C)C)[C@@H]2C(=O)Nc1cccc(C(F)(F)F)c1. The Labute approximate surface area is 187 Å². The molecule has 0 aliphatic carbocycles. The first kappa shape index (κ1) is 24.1. The molecule has 0 unspecified atom stereocenters. The lowest BCUT2D eigenvalue weighted by atomic mass is 9.67. The van der Waals surface area contributed by atoms with Crippen molar-refractivity contribution in [1.29, 1.82) is 0 Å². The first-order valence-electron chi connectivity index (χ1n) is 10.9. The van der Waals surface area contributed by atoms with Crippen molar-refractivity contribution in [2.45, 2.75) is 52.0 Å². The summed E-state index contributed by atoms with van der Waals surface area (Å²) in [5, 5.41) is 2.70. The molecule has 2 aliphatic rings. The molecule has 0 aromatic heterocycles. The van der Waals surface area contributed by atoms with E-state index in [1.54, 1.807) is 6.21 Å². The maximum absolute atomic E-state index is 13.3. The van der Waals surface area contributed by atoms with Gasteiger partial charge in [0.05, 0.1) is 23.7 Å². The van der Waals surface area contributed by atoms with Crippen molar-refractivity contribution in [3.05, 3.63) is 41.5 Å². The number of terminal acetylenes is 1. The molecule has 2 fully saturated rings. The van der Waals surface area contributed by atoms with Crippen molar-refractivity contribution in [3.63, 3.8) is 0 Å². The van der Waals surface area contributed by atoms with Gasteiger partial charge in [-0.25, -0.2) is 0 Å². The second-order valence-corrected chi connectivity index (χ2v) is 8.63. The topological polar surface area (TPSA) is 50.7 Å². The lowest BCUT2D eigenvalue weighted by molar-refractivity contribution is -0.137. The molecule has 2 saturated heterocycles. The van der Waals surface area contributed by atoms with E-state index < -0.39 is 17.7 Å². The number of carbonyl (C=O) groups is 1. The summed E-state index contributed by atoms with van der Waals surface area (Å²) in [6, 6.07) is 4.69. The third kappa shape index (κ3) is 5.07. The molecule has 2 heterocycles. The average Bonchev–Trinajstić information content (AvgIpc) is 3.29. The van der Waals surface area contributed by atoms with E-state index in [1.807, 2.05) is 13.0 Å². The lowest BCUT2D eigenvalue weighted by Gasteiger charge is -2.34. The number of ether oxygens (including phenoxy) is 1. The van der Waals surface area contributed by atoms with Gasteiger partial charge in [-0.05, 0) is 49.5 Å². The van der Waals surface area contributed by atoms with Gasteiger partial charge in [0.2, 0.25) is 5.91 Å². The molecule has 0 spiro atoms. The molecule has 172 valence electrons. The number of fused-ring (bicyclic) bond motifs is 2. The number of aliphatic imine (C=N–C) groups is 1. The first-order valence-corrected chi connectivity index (χ1v) is 10.9. The summed E-state index contributed by atoms with van der Waals surface area (Å²) in [5.41, 5.74) is 0.360. The number of nitrogens with one attached hydrogen (secondary N) is 1. The minimum absolute atomic E-state index is 0.120. The summed E-state index contributed by atoms with van der Waals surface area (Å²) in [6.07, 6.45) is 5.48. The Morgan fingerprint density at radius 2 is 2.12 bits per heavy atom. The van der Waals surface area contributed by atoms with Gasteiger partial charge in [-0.15, -0.1) is 12.3 Å². The van der Waals surface area contributed by atoms with E-state index >= 15 is 0 Å². The molecule has 1 aromatic rings. The van der Waals surface area contributed by atoms with Crippen molar-refractivity contribution < 1.29 is 22.7 Å². The number of anilines is 1. The average molecular weight is 447 g/mol. The van der Waals surface area contributed by atoms with Crippen LogP contribution in [0.5, 0.6) is 0 Å². The van der Waals surface area contributed by atoms with Crippen LogP contribution in [0.2, 0.25) is 0 Å². The van der Waals surface area contributed by atoms with Crippen molar-refractivity contribution in [2.24, 2.45) is 28.7 Å². The molecule has 0 radical (unpaired) electrons. The number of amides is 1. The monoisotopic (exact) mass is 446 g/mol. The highest BCUT2D eigenvalue weighted by atomic mass is 19.4. The summed E-state index contributed by atoms with van der Waals surface area (Å²) in [6.45, 7) is 6.69. The largest absolute Gasteiger partial charge is 0.416 e. The minimum Gasteiger partial charge on any atom is -0.373 e. The third-order valence-corrected chi connectivity index (χ3v) is 6.22. The second kappa shape index (κ2) is 9.91. The van der Waals surface area contributed by atoms with Gasteiger partial charge in [0.15, 0.2) is 0 Å². The van der Waals surface area contributed by atoms with Gasteiger partial charge in [-0.2, -0.15) is 13.2 Å². The number of nitrogens with zero attached hydrogens (tertiary/aromatic N) is 1. The molecule has 1 N–H and O–H groups in total. The van der Waals surface area contributed by atoms with Crippen LogP contribution in [-0.2, 0) is 15.7 Å². The molecule has 0 saturated carbocycles. The molecule has 1 aromatic carbocycles.